The second kappa shape index (κ2) is 6.42. The molecule has 3 heterocycles. The van der Waals surface area contributed by atoms with Gasteiger partial charge in [-0.1, -0.05) is 6.07 Å². The van der Waals surface area contributed by atoms with Gasteiger partial charge in [-0.05, 0) is 48.1 Å². The van der Waals surface area contributed by atoms with Gasteiger partial charge in [0.1, 0.15) is 0 Å². The van der Waals surface area contributed by atoms with Crippen molar-refractivity contribution in [2.24, 2.45) is 5.73 Å². The molecule has 2 aromatic heterocycles. The average molecular weight is 371 g/mol. The van der Waals surface area contributed by atoms with Gasteiger partial charge in [-0.25, -0.2) is 0 Å². The normalized spacial score (nSPS) is 18.7. The SMILES string of the molecule is NC(=O)c1cc(-c2cccnc2)cc2c(C3CCS(O)(O)CC3)c[nH]c12. The highest BCUT2D eigenvalue weighted by Crippen LogP contribution is 2.49. The number of aromatic amines is 1. The molecule has 0 bridgehead atoms. The molecule has 5 N–H and O–H groups in total. The zero-order chi connectivity index (χ0) is 18.3. The van der Waals surface area contributed by atoms with Crippen LogP contribution in [0.15, 0.2) is 42.9 Å². The lowest BCUT2D eigenvalue weighted by Crippen LogP contribution is -2.19. The fourth-order valence-electron chi connectivity index (χ4n) is 3.70. The lowest BCUT2D eigenvalue weighted by atomic mass is 9.91. The summed E-state index contributed by atoms with van der Waals surface area (Å²) in [6.45, 7) is 0. The van der Waals surface area contributed by atoms with Crippen LogP contribution in [0, 0.1) is 0 Å². The number of H-pyrrole nitrogens is 1. The Morgan fingerprint density at radius 2 is 2.00 bits per heavy atom. The zero-order valence-corrected chi connectivity index (χ0v) is 15.0. The smallest absolute Gasteiger partial charge is 0.250 e. The quantitative estimate of drug-likeness (QED) is 0.558. The molecular weight excluding hydrogens is 350 g/mol. The number of pyridine rings is 1. The van der Waals surface area contributed by atoms with E-state index in [0.717, 1.165) is 40.4 Å². The number of hydrogen-bond acceptors (Lipinski definition) is 4. The second-order valence-electron chi connectivity index (χ2n) is 6.78. The van der Waals surface area contributed by atoms with Gasteiger partial charge in [0, 0.05) is 41.0 Å². The van der Waals surface area contributed by atoms with E-state index in [9.17, 15) is 13.9 Å². The second-order valence-corrected chi connectivity index (χ2v) is 9.20. The van der Waals surface area contributed by atoms with Crippen LogP contribution in [0.4, 0.5) is 0 Å². The number of nitrogens with two attached hydrogens (primary N) is 1. The fourth-order valence-corrected chi connectivity index (χ4v) is 5.23. The molecule has 1 fully saturated rings. The standard InChI is InChI=1S/C19H21N3O3S/c20-19(23)16-9-14(13-2-1-5-21-10-13)8-15-17(11-22-18(15)16)12-3-6-26(24,25)7-4-12/h1-2,5,8-12,22,24-25H,3-4,6-7H2,(H2,20,23). The number of primary amides is 1. The molecule has 1 aliphatic heterocycles. The zero-order valence-electron chi connectivity index (χ0n) is 14.2. The first-order valence-electron chi connectivity index (χ1n) is 8.53. The molecule has 7 heteroatoms. The maximum absolute atomic E-state index is 12.0. The third-order valence-corrected chi connectivity index (χ3v) is 6.89. The summed E-state index contributed by atoms with van der Waals surface area (Å²) in [5.74, 6) is 0.602. The molecule has 1 saturated heterocycles. The van der Waals surface area contributed by atoms with Gasteiger partial charge < -0.3 is 10.7 Å². The van der Waals surface area contributed by atoms with Gasteiger partial charge in [0.05, 0.1) is 11.1 Å². The number of amides is 1. The highest BCUT2D eigenvalue weighted by molar-refractivity contribution is 8.24. The lowest BCUT2D eigenvalue weighted by Gasteiger charge is -2.39. The summed E-state index contributed by atoms with van der Waals surface area (Å²) in [6, 6.07) is 7.64. The summed E-state index contributed by atoms with van der Waals surface area (Å²) in [7, 11) is -2.43. The number of rotatable bonds is 3. The first-order chi connectivity index (χ1) is 12.4. The molecule has 0 spiro atoms. The molecular formula is C19H21N3O3S. The van der Waals surface area contributed by atoms with Crippen molar-refractivity contribution in [1.82, 2.24) is 9.97 Å². The number of hydrogen-bond donors (Lipinski definition) is 4. The van der Waals surface area contributed by atoms with Gasteiger partial charge >= 0.3 is 0 Å². The van der Waals surface area contributed by atoms with Crippen LogP contribution in [-0.4, -0.2) is 36.5 Å². The van der Waals surface area contributed by atoms with Gasteiger partial charge in [-0.2, -0.15) is 10.6 Å². The summed E-state index contributed by atoms with van der Waals surface area (Å²) >= 11 is 0. The number of carbonyl (C=O) groups is 1. The minimum Gasteiger partial charge on any atom is -0.366 e. The largest absolute Gasteiger partial charge is 0.366 e. The van der Waals surface area contributed by atoms with Gasteiger partial charge in [-0.15, -0.1) is 0 Å². The predicted octanol–water partition coefficient (Wildman–Crippen LogP) is 3.96. The molecule has 0 aliphatic carbocycles. The van der Waals surface area contributed by atoms with Crippen molar-refractivity contribution in [2.75, 3.05) is 11.5 Å². The van der Waals surface area contributed by atoms with Crippen molar-refractivity contribution >= 4 is 27.4 Å². The van der Waals surface area contributed by atoms with Gasteiger partial charge in [0.2, 0.25) is 0 Å². The Bertz CT molecular complexity index is 959. The summed E-state index contributed by atoms with van der Waals surface area (Å²) in [6.07, 6.45) is 6.83. The van der Waals surface area contributed by atoms with Gasteiger partial charge in [0.25, 0.3) is 5.91 Å². The van der Waals surface area contributed by atoms with Crippen molar-refractivity contribution in [2.45, 2.75) is 18.8 Å². The Morgan fingerprint density at radius 1 is 1.23 bits per heavy atom. The maximum Gasteiger partial charge on any atom is 0.250 e. The lowest BCUT2D eigenvalue weighted by molar-refractivity contribution is 0.100. The summed E-state index contributed by atoms with van der Waals surface area (Å²) in [5, 5.41) is 0.962. The predicted molar refractivity (Wildman–Crippen MR) is 105 cm³/mol. The summed E-state index contributed by atoms with van der Waals surface area (Å²) in [5.41, 5.74) is 9.71. The van der Waals surface area contributed by atoms with E-state index in [2.05, 4.69) is 16.0 Å². The molecule has 0 saturated carbocycles. The molecule has 0 unspecified atom stereocenters. The highest BCUT2D eigenvalue weighted by atomic mass is 32.3. The Hall–Kier alpha value is -2.35. The highest BCUT2D eigenvalue weighted by Gasteiger charge is 2.27. The van der Waals surface area contributed by atoms with E-state index in [-0.39, 0.29) is 5.92 Å². The fraction of sp³-hybridized carbons (Fsp3) is 0.263. The first kappa shape index (κ1) is 17.1. The molecule has 0 atom stereocenters. The van der Waals surface area contributed by atoms with Crippen LogP contribution in [-0.2, 0) is 0 Å². The number of nitrogens with zero attached hydrogens (tertiary/aromatic N) is 1. The van der Waals surface area contributed by atoms with Crippen LogP contribution in [0.1, 0.15) is 34.7 Å². The average Bonchev–Trinajstić information content (AvgIpc) is 3.05. The van der Waals surface area contributed by atoms with Gasteiger partial charge in [0.15, 0.2) is 0 Å². The number of fused-ring (bicyclic) bond motifs is 1. The summed E-state index contributed by atoms with van der Waals surface area (Å²) in [4.78, 5) is 19.3. The van der Waals surface area contributed by atoms with Crippen LogP contribution in [0.3, 0.4) is 0 Å². The van der Waals surface area contributed by atoms with Crippen molar-refractivity contribution in [1.29, 1.82) is 0 Å². The van der Waals surface area contributed by atoms with E-state index in [4.69, 9.17) is 5.73 Å². The number of aromatic nitrogens is 2. The van der Waals surface area contributed by atoms with Crippen LogP contribution in [0.5, 0.6) is 0 Å². The van der Waals surface area contributed by atoms with Gasteiger partial charge in [-0.3, -0.25) is 18.9 Å². The van der Waals surface area contributed by atoms with Crippen molar-refractivity contribution in [3.63, 3.8) is 0 Å². The van der Waals surface area contributed by atoms with Crippen molar-refractivity contribution in [3.8, 4) is 11.1 Å². The van der Waals surface area contributed by atoms with E-state index in [1.165, 1.54) is 0 Å². The molecule has 4 rings (SSSR count). The van der Waals surface area contributed by atoms with Crippen LogP contribution in [0.25, 0.3) is 22.0 Å². The summed E-state index contributed by atoms with van der Waals surface area (Å²) < 4.78 is 19.8. The minimum atomic E-state index is -2.43. The Labute approximate surface area is 152 Å². The van der Waals surface area contributed by atoms with Crippen molar-refractivity contribution in [3.05, 3.63) is 54.0 Å². The molecule has 26 heavy (non-hydrogen) atoms. The number of benzene rings is 1. The van der Waals surface area contributed by atoms with E-state index in [0.29, 0.717) is 17.1 Å². The molecule has 0 radical (unpaired) electrons. The topological polar surface area (TPSA) is 112 Å². The van der Waals surface area contributed by atoms with Crippen LogP contribution >= 0.6 is 10.6 Å². The Kier molecular flexibility index (Phi) is 4.22. The van der Waals surface area contributed by atoms with Crippen molar-refractivity contribution < 1.29 is 13.9 Å². The molecule has 1 aliphatic rings. The first-order valence-corrected chi connectivity index (χ1v) is 10.4. The molecule has 6 nitrogen and oxygen atoms in total. The third kappa shape index (κ3) is 3.09. The van der Waals surface area contributed by atoms with E-state index in [1.54, 1.807) is 18.5 Å². The number of nitrogens with one attached hydrogen (secondary N) is 1. The number of carbonyl (C=O) groups excluding carboxylic acids is 1. The maximum atomic E-state index is 12.0. The Morgan fingerprint density at radius 3 is 2.65 bits per heavy atom. The minimum absolute atomic E-state index is 0.230. The molecule has 1 aromatic carbocycles. The molecule has 136 valence electrons. The monoisotopic (exact) mass is 371 g/mol. The third-order valence-electron chi connectivity index (χ3n) is 5.11. The van der Waals surface area contributed by atoms with Crippen LogP contribution < -0.4 is 5.73 Å². The van der Waals surface area contributed by atoms with E-state index >= 15 is 0 Å². The van der Waals surface area contributed by atoms with E-state index in [1.807, 2.05) is 18.3 Å². The van der Waals surface area contributed by atoms with Crippen LogP contribution in [0.2, 0.25) is 0 Å². The molecule has 3 aromatic rings. The molecule has 1 amide bonds. The Balaban J connectivity index is 1.83. The van der Waals surface area contributed by atoms with E-state index < -0.39 is 16.5 Å².